The number of aromatic nitrogens is 1. The van der Waals surface area contributed by atoms with E-state index in [0.717, 1.165) is 11.4 Å². The number of nitrogens with zero attached hydrogens (tertiary/aromatic N) is 1. The van der Waals surface area contributed by atoms with Crippen molar-refractivity contribution in [3.63, 3.8) is 0 Å². The molecule has 0 saturated carbocycles. The summed E-state index contributed by atoms with van der Waals surface area (Å²) < 4.78 is 0. The summed E-state index contributed by atoms with van der Waals surface area (Å²) in [7, 11) is 2.00. The molecule has 0 fully saturated rings. The Hall–Kier alpha value is -1.67. The second-order valence-electron chi connectivity index (χ2n) is 4.82. The van der Waals surface area contributed by atoms with Crippen molar-refractivity contribution in [2.45, 2.75) is 26.8 Å². The van der Waals surface area contributed by atoms with Crippen LogP contribution in [0.3, 0.4) is 0 Å². The van der Waals surface area contributed by atoms with Crippen molar-refractivity contribution in [3.8, 4) is 0 Å². The Morgan fingerprint density at radius 2 is 1.44 bits per heavy atom. The van der Waals surface area contributed by atoms with Crippen LogP contribution in [0.2, 0.25) is 0 Å². The lowest BCUT2D eigenvalue weighted by molar-refractivity contribution is 0.688. The maximum Gasteiger partial charge on any atom is 0.0575 e. The molecule has 1 atom stereocenters. The van der Waals surface area contributed by atoms with E-state index in [9.17, 15) is 0 Å². The molecule has 0 aliphatic carbocycles. The number of benzene rings is 1. The van der Waals surface area contributed by atoms with Gasteiger partial charge in [0.1, 0.15) is 0 Å². The minimum Gasteiger partial charge on any atom is -0.309 e. The van der Waals surface area contributed by atoms with Gasteiger partial charge in [-0.05, 0) is 51.1 Å². The van der Waals surface area contributed by atoms with Crippen LogP contribution in [0.25, 0.3) is 0 Å². The van der Waals surface area contributed by atoms with Gasteiger partial charge < -0.3 is 5.32 Å². The highest BCUT2D eigenvalue weighted by Gasteiger charge is 2.12. The maximum atomic E-state index is 4.43. The van der Waals surface area contributed by atoms with Crippen LogP contribution in [0, 0.1) is 20.8 Å². The second-order valence-corrected chi connectivity index (χ2v) is 4.82. The van der Waals surface area contributed by atoms with Crippen LogP contribution in [0.1, 0.15) is 34.1 Å². The Bertz CT molecular complexity index is 509. The number of hydrogen-bond acceptors (Lipinski definition) is 2. The molecule has 1 aromatic heterocycles. The van der Waals surface area contributed by atoms with Crippen molar-refractivity contribution in [2.75, 3.05) is 7.05 Å². The first-order valence-electron chi connectivity index (χ1n) is 6.29. The Balaban J connectivity index is 2.41. The molecule has 1 N–H and O–H groups in total. The van der Waals surface area contributed by atoms with Gasteiger partial charge in [0.05, 0.1) is 6.04 Å². The van der Waals surface area contributed by atoms with Gasteiger partial charge in [-0.15, -0.1) is 0 Å². The van der Waals surface area contributed by atoms with E-state index in [2.05, 4.69) is 53.6 Å². The minimum absolute atomic E-state index is 0.228. The average Bonchev–Trinajstić information content (AvgIpc) is 2.31. The van der Waals surface area contributed by atoms with Gasteiger partial charge in [0, 0.05) is 11.4 Å². The van der Waals surface area contributed by atoms with E-state index in [1.807, 2.05) is 20.9 Å². The molecule has 2 heteroatoms. The lowest BCUT2D eigenvalue weighted by Crippen LogP contribution is -2.18. The lowest BCUT2D eigenvalue weighted by atomic mass is 9.97. The summed E-state index contributed by atoms with van der Waals surface area (Å²) in [6, 6.07) is 13.2. The Morgan fingerprint density at radius 3 is 1.94 bits per heavy atom. The van der Waals surface area contributed by atoms with Crippen LogP contribution in [-0.2, 0) is 0 Å². The quantitative estimate of drug-likeness (QED) is 0.890. The van der Waals surface area contributed by atoms with Crippen LogP contribution < -0.4 is 5.32 Å². The van der Waals surface area contributed by atoms with Gasteiger partial charge in [-0.1, -0.05) is 29.8 Å². The van der Waals surface area contributed by atoms with Crippen LogP contribution in [0.5, 0.6) is 0 Å². The molecule has 0 saturated heterocycles. The fourth-order valence-corrected chi connectivity index (χ4v) is 2.32. The molecule has 2 rings (SSSR count). The fraction of sp³-hybridized carbons (Fsp3) is 0.312. The number of rotatable bonds is 3. The van der Waals surface area contributed by atoms with Gasteiger partial charge in [0.15, 0.2) is 0 Å². The molecule has 0 aliphatic heterocycles. The topological polar surface area (TPSA) is 24.9 Å². The SMILES string of the molecule is CNC(c1ccc(C)cc1)c1cc(C)nc(C)c1. The molecule has 2 aromatic rings. The van der Waals surface area contributed by atoms with E-state index in [0.29, 0.717) is 0 Å². The molecule has 94 valence electrons. The third kappa shape index (κ3) is 2.77. The van der Waals surface area contributed by atoms with Crippen molar-refractivity contribution in [2.24, 2.45) is 0 Å². The summed E-state index contributed by atoms with van der Waals surface area (Å²) in [5.41, 5.74) is 5.98. The van der Waals surface area contributed by atoms with E-state index in [1.165, 1.54) is 16.7 Å². The molecular formula is C16H20N2. The molecule has 18 heavy (non-hydrogen) atoms. The van der Waals surface area contributed by atoms with Crippen LogP contribution >= 0.6 is 0 Å². The monoisotopic (exact) mass is 240 g/mol. The Kier molecular flexibility index (Phi) is 3.78. The van der Waals surface area contributed by atoms with Gasteiger partial charge in [-0.25, -0.2) is 0 Å². The number of hydrogen-bond donors (Lipinski definition) is 1. The molecule has 0 spiro atoms. The van der Waals surface area contributed by atoms with E-state index >= 15 is 0 Å². The summed E-state index contributed by atoms with van der Waals surface area (Å²) in [4.78, 5) is 4.43. The molecule has 2 nitrogen and oxygen atoms in total. The van der Waals surface area contributed by atoms with Crippen LogP contribution in [0.15, 0.2) is 36.4 Å². The molecular weight excluding hydrogens is 220 g/mol. The first-order valence-corrected chi connectivity index (χ1v) is 6.29. The largest absolute Gasteiger partial charge is 0.309 e. The van der Waals surface area contributed by atoms with Gasteiger partial charge in [-0.2, -0.15) is 0 Å². The highest BCUT2D eigenvalue weighted by molar-refractivity contribution is 5.34. The van der Waals surface area contributed by atoms with Crippen molar-refractivity contribution < 1.29 is 0 Å². The van der Waals surface area contributed by atoms with Gasteiger partial charge in [0.25, 0.3) is 0 Å². The number of nitrogens with one attached hydrogen (secondary N) is 1. The van der Waals surface area contributed by atoms with E-state index in [1.54, 1.807) is 0 Å². The summed E-state index contributed by atoms with van der Waals surface area (Å²) in [5.74, 6) is 0. The zero-order valence-electron chi connectivity index (χ0n) is 11.5. The predicted molar refractivity (Wildman–Crippen MR) is 75.8 cm³/mol. The van der Waals surface area contributed by atoms with Gasteiger partial charge in [-0.3, -0.25) is 4.98 Å². The maximum absolute atomic E-state index is 4.43. The van der Waals surface area contributed by atoms with Gasteiger partial charge >= 0.3 is 0 Å². The summed E-state index contributed by atoms with van der Waals surface area (Å²) in [6.45, 7) is 6.19. The zero-order valence-corrected chi connectivity index (χ0v) is 11.5. The molecule has 0 bridgehead atoms. The first-order chi connectivity index (χ1) is 8.60. The van der Waals surface area contributed by atoms with E-state index < -0.39 is 0 Å². The first kappa shape index (κ1) is 12.8. The summed E-state index contributed by atoms with van der Waals surface area (Å²) in [6.07, 6.45) is 0. The smallest absolute Gasteiger partial charge is 0.0575 e. The lowest BCUT2D eigenvalue weighted by Gasteiger charge is -2.18. The number of aryl methyl sites for hydroxylation is 3. The minimum atomic E-state index is 0.228. The normalized spacial score (nSPS) is 12.4. The third-order valence-electron chi connectivity index (χ3n) is 3.14. The highest BCUT2D eigenvalue weighted by Crippen LogP contribution is 2.23. The summed E-state index contributed by atoms with van der Waals surface area (Å²) >= 11 is 0. The zero-order chi connectivity index (χ0) is 13.1. The second kappa shape index (κ2) is 5.32. The molecule has 1 heterocycles. The molecule has 0 aliphatic rings. The van der Waals surface area contributed by atoms with Crippen molar-refractivity contribution in [1.82, 2.24) is 10.3 Å². The fourth-order valence-electron chi connectivity index (χ4n) is 2.32. The third-order valence-corrected chi connectivity index (χ3v) is 3.14. The standard InChI is InChI=1S/C16H20N2/c1-11-5-7-14(8-6-11)16(17-4)15-9-12(2)18-13(3)10-15/h5-10,16-17H,1-4H3. The van der Waals surface area contributed by atoms with Gasteiger partial charge in [0.2, 0.25) is 0 Å². The van der Waals surface area contributed by atoms with Crippen molar-refractivity contribution >= 4 is 0 Å². The molecule has 0 amide bonds. The van der Waals surface area contributed by atoms with Crippen molar-refractivity contribution in [1.29, 1.82) is 0 Å². The van der Waals surface area contributed by atoms with Crippen LogP contribution in [-0.4, -0.2) is 12.0 Å². The van der Waals surface area contributed by atoms with E-state index in [-0.39, 0.29) is 6.04 Å². The number of pyridine rings is 1. The molecule has 1 unspecified atom stereocenters. The summed E-state index contributed by atoms with van der Waals surface area (Å²) in [5, 5.41) is 3.38. The van der Waals surface area contributed by atoms with Crippen molar-refractivity contribution in [3.05, 3.63) is 64.5 Å². The Morgan fingerprint density at radius 1 is 0.889 bits per heavy atom. The predicted octanol–water partition coefficient (Wildman–Crippen LogP) is 3.32. The Labute approximate surface area is 109 Å². The van der Waals surface area contributed by atoms with Crippen LogP contribution in [0.4, 0.5) is 0 Å². The molecule has 0 radical (unpaired) electrons. The van der Waals surface area contributed by atoms with E-state index in [4.69, 9.17) is 0 Å². The highest BCUT2D eigenvalue weighted by atomic mass is 14.9. The molecule has 1 aromatic carbocycles. The average molecular weight is 240 g/mol.